The number of ether oxygens (including phenoxy) is 5. The van der Waals surface area contributed by atoms with Gasteiger partial charge >= 0.3 is 17.9 Å². The van der Waals surface area contributed by atoms with E-state index in [2.05, 4.69) is 0 Å². The normalized spacial score (nSPS) is 23.6. The lowest BCUT2D eigenvalue weighted by Crippen LogP contribution is -2.53. The molecule has 0 aliphatic carbocycles. The van der Waals surface area contributed by atoms with Gasteiger partial charge in [-0.3, -0.25) is 0 Å². The number of carbonyl (C=O) groups excluding carboxylic acids is 3. The molecular weight excluding hydrogens is 476 g/mol. The van der Waals surface area contributed by atoms with Gasteiger partial charge in [0.05, 0.1) is 16.7 Å². The van der Waals surface area contributed by atoms with Gasteiger partial charge < -0.3 is 23.7 Å². The molecule has 192 valence electrons. The minimum Gasteiger partial charge on any atom is -0.456 e. The molecule has 5 unspecified atom stereocenters. The largest absolute Gasteiger partial charge is 0.456 e. The van der Waals surface area contributed by atoms with E-state index in [-0.39, 0.29) is 0 Å². The number of carbonyl (C=O) groups is 3. The van der Waals surface area contributed by atoms with Gasteiger partial charge in [0.2, 0.25) is 6.29 Å². The lowest BCUT2D eigenvalue weighted by atomic mass is 9.94. The molecule has 8 heteroatoms. The smallest absolute Gasteiger partial charge is 0.338 e. The molecule has 4 rings (SSSR count). The maximum Gasteiger partial charge on any atom is 0.338 e. The molecule has 3 aromatic rings. The standard InChI is InChI=1S/C29H28O8/c1-19(34-25(30)20-13-7-4-8-14-20)23-24(36-26(31)21-15-9-5-10-16-21)29(2,28(33-3)35-23)37-27(32)22-17-11-6-12-18-22/h4-19,23-24,28H,1-3H3. The number of hydrogen-bond donors (Lipinski definition) is 0. The Hall–Kier alpha value is -4.01. The Morgan fingerprint density at radius 3 is 1.70 bits per heavy atom. The molecule has 0 amide bonds. The summed E-state index contributed by atoms with van der Waals surface area (Å²) in [6, 6.07) is 25.3. The van der Waals surface area contributed by atoms with Crippen molar-refractivity contribution in [1.29, 1.82) is 0 Å². The summed E-state index contributed by atoms with van der Waals surface area (Å²) in [5.74, 6) is -1.88. The Bertz CT molecular complexity index is 1210. The van der Waals surface area contributed by atoms with E-state index in [0.717, 1.165) is 0 Å². The van der Waals surface area contributed by atoms with Gasteiger partial charge in [-0.2, -0.15) is 0 Å². The van der Waals surface area contributed by atoms with Gasteiger partial charge in [0.25, 0.3) is 0 Å². The molecule has 1 aliphatic heterocycles. The summed E-state index contributed by atoms with van der Waals surface area (Å²) in [5, 5.41) is 0. The van der Waals surface area contributed by atoms with Crippen molar-refractivity contribution in [2.45, 2.75) is 44.1 Å². The molecule has 1 saturated heterocycles. The minimum atomic E-state index is -1.57. The highest BCUT2D eigenvalue weighted by molar-refractivity contribution is 5.91. The van der Waals surface area contributed by atoms with Crippen molar-refractivity contribution in [3.05, 3.63) is 108 Å². The highest BCUT2D eigenvalue weighted by atomic mass is 16.7. The zero-order chi connectivity index (χ0) is 26.4. The fourth-order valence-electron chi connectivity index (χ4n) is 4.21. The van der Waals surface area contributed by atoms with E-state index in [1.165, 1.54) is 7.11 Å². The molecule has 3 aromatic carbocycles. The zero-order valence-electron chi connectivity index (χ0n) is 20.7. The average Bonchev–Trinajstić information content (AvgIpc) is 3.20. The van der Waals surface area contributed by atoms with Crippen molar-refractivity contribution in [2.24, 2.45) is 0 Å². The minimum absolute atomic E-state index is 0.299. The monoisotopic (exact) mass is 504 g/mol. The van der Waals surface area contributed by atoms with Crippen LogP contribution in [0.5, 0.6) is 0 Å². The molecule has 5 atom stereocenters. The third kappa shape index (κ3) is 5.71. The summed E-state index contributed by atoms with van der Waals surface area (Å²) in [7, 11) is 1.39. The first-order valence-electron chi connectivity index (χ1n) is 11.8. The highest BCUT2D eigenvalue weighted by Gasteiger charge is 2.61. The van der Waals surface area contributed by atoms with E-state index < -0.39 is 48.1 Å². The van der Waals surface area contributed by atoms with Crippen molar-refractivity contribution >= 4 is 17.9 Å². The molecule has 0 N–H and O–H groups in total. The molecule has 1 heterocycles. The van der Waals surface area contributed by atoms with Crippen molar-refractivity contribution in [3.8, 4) is 0 Å². The van der Waals surface area contributed by atoms with E-state index in [9.17, 15) is 14.4 Å². The highest BCUT2D eigenvalue weighted by Crippen LogP contribution is 2.40. The van der Waals surface area contributed by atoms with Gasteiger partial charge in [0.1, 0.15) is 12.2 Å². The Morgan fingerprint density at radius 2 is 1.22 bits per heavy atom. The molecule has 0 bridgehead atoms. The van der Waals surface area contributed by atoms with Crippen molar-refractivity contribution in [2.75, 3.05) is 7.11 Å². The van der Waals surface area contributed by atoms with Gasteiger partial charge in [-0.1, -0.05) is 54.6 Å². The van der Waals surface area contributed by atoms with Crippen LogP contribution in [0.1, 0.15) is 44.9 Å². The molecule has 0 spiro atoms. The van der Waals surface area contributed by atoms with Gasteiger partial charge in [-0.15, -0.1) is 0 Å². The summed E-state index contributed by atoms with van der Waals surface area (Å²) in [5.41, 5.74) is -0.609. The third-order valence-electron chi connectivity index (χ3n) is 6.16. The van der Waals surface area contributed by atoms with E-state index in [1.807, 2.05) is 0 Å². The Morgan fingerprint density at radius 1 is 0.757 bits per heavy atom. The number of rotatable bonds is 8. The Kier molecular flexibility index (Phi) is 8.01. The summed E-state index contributed by atoms with van der Waals surface area (Å²) in [4.78, 5) is 38.9. The van der Waals surface area contributed by atoms with Crippen LogP contribution in [0.25, 0.3) is 0 Å². The lowest BCUT2D eigenvalue weighted by Gasteiger charge is -2.34. The zero-order valence-corrected chi connectivity index (χ0v) is 20.7. The summed E-state index contributed by atoms with van der Waals surface area (Å²) >= 11 is 0. The second kappa shape index (κ2) is 11.4. The molecule has 1 fully saturated rings. The average molecular weight is 505 g/mol. The maximum absolute atomic E-state index is 13.1. The van der Waals surface area contributed by atoms with Gasteiger partial charge in [-0.25, -0.2) is 14.4 Å². The van der Waals surface area contributed by atoms with Crippen LogP contribution in [-0.2, 0) is 23.7 Å². The van der Waals surface area contributed by atoms with Crippen molar-refractivity contribution < 1.29 is 38.1 Å². The Labute approximate surface area is 215 Å². The first kappa shape index (κ1) is 26.1. The first-order valence-corrected chi connectivity index (χ1v) is 11.8. The SMILES string of the molecule is COC1OC(C(C)OC(=O)c2ccccc2)C(OC(=O)c2ccccc2)C1(C)OC(=O)c1ccccc1. The van der Waals surface area contributed by atoms with Crippen LogP contribution >= 0.6 is 0 Å². The molecule has 0 saturated carbocycles. The van der Waals surface area contributed by atoms with Gasteiger partial charge in [0.15, 0.2) is 11.7 Å². The number of benzene rings is 3. The quantitative estimate of drug-likeness (QED) is 0.328. The molecule has 8 nitrogen and oxygen atoms in total. The molecule has 0 aromatic heterocycles. The van der Waals surface area contributed by atoms with Gasteiger partial charge in [-0.05, 0) is 50.2 Å². The van der Waals surface area contributed by atoms with Crippen molar-refractivity contribution in [3.63, 3.8) is 0 Å². The molecule has 0 radical (unpaired) electrons. The number of methoxy groups -OCH3 is 1. The van der Waals surface area contributed by atoms with Crippen LogP contribution < -0.4 is 0 Å². The van der Waals surface area contributed by atoms with Crippen LogP contribution in [0, 0.1) is 0 Å². The fourth-order valence-corrected chi connectivity index (χ4v) is 4.21. The summed E-state index contributed by atoms with van der Waals surface area (Å²) in [6.07, 6.45) is -4.18. The number of esters is 3. The van der Waals surface area contributed by atoms with E-state index in [1.54, 1.807) is 105 Å². The summed E-state index contributed by atoms with van der Waals surface area (Å²) in [6.45, 7) is 3.18. The second-order valence-electron chi connectivity index (χ2n) is 8.78. The van der Waals surface area contributed by atoms with Crippen molar-refractivity contribution in [1.82, 2.24) is 0 Å². The van der Waals surface area contributed by atoms with Gasteiger partial charge in [0, 0.05) is 7.11 Å². The maximum atomic E-state index is 13.1. The summed E-state index contributed by atoms with van der Waals surface area (Å²) < 4.78 is 29.0. The van der Waals surface area contributed by atoms with Crippen LogP contribution in [-0.4, -0.2) is 55.2 Å². The first-order chi connectivity index (χ1) is 17.8. The number of hydrogen-bond acceptors (Lipinski definition) is 8. The van der Waals surface area contributed by atoms with Crippen LogP contribution in [0.2, 0.25) is 0 Å². The predicted octanol–water partition coefficient (Wildman–Crippen LogP) is 4.44. The van der Waals surface area contributed by atoms with Crippen LogP contribution in [0.4, 0.5) is 0 Å². The molecular formula is C29H28O8. The Balaban J connectivity index is 1.64. The van der Waals surface area contributed by atoms with Crippen LogP contribution in [0.3, 0.4) is 0 Å². The van der Waals surface area contributed by atoms with Crippen LogP contribution in [0.15, 0.2) is 91.0 Å². The predicted molar refractivity (Wildman–Crippen MR) is 133 cm³/mol. The van der Waals surface area contributed by atoms with E-state index in [4.69, 9.17) is 23.7 Å². The molecule has 1 aliphatic rings. The topological polar surface area (TPSA) is 97.4 Å². The molecule has 37 heavy (non-hydrogen) atoms. The third-order valence-corrected chi connectivity index (χ3v) is 6.16. The van der Waals surface area contributed by atoms with E-state index in [0.29, 0.717) is 16.7 Å². The van der Waals surface area contributed by atoms with E-state index >= 15 is 0 Å². The fraction of sp³-hybridized carbons (Fsp3) is 0.276. The lowest BCUT2D eigenvalue weighted by molar-refractivity contribution is -0.191. The second-order valence-corrected chi connectivity index (χ2v) is 8.78.